The smallest absolute Gasteiger partial charge is 0.258 e. The maximum atomic E-state index is 11.4. The van der Waals surface area contributed by atoms with Gasteiger partial charge in [0.15, 0.2) is 0 Å². The Morgan fingerprint density at radius 3 is 2.50 bits per heavy atom. The highest BCUT2D eigenvalue weighted by atomic mass is 31.2. The van der Waals surface area contributed by atoms with E-state index in [0.29, 0.717) is 6.07 Å². The first kappa shape index (κ1) is 14.0. The lowest BCUT2D eigenvalue weighted by atomic mass is 10.2. The average Bonchev–Trinajstić information content (AvgIpc) is 2.27. The van der Waals surface area contributed by atoms with Crippen LogP contribution in [0.15, 0.2) is 23.3 Å². The highest BCUT2D eigenvalue weighted by molar-refractivity contribution is 7.76. The van der Waals surface area contributed by atoms with Crippen LogP contribution in [0.5, 0.6) is 0 Å². The maximum absolute atomic E-state index is 11.4. The first-order chi connectivity index (χ1) is 8.27. The van der Waals surface area contributed by atoms with Crippen molar-refractivity contribution in [1.29, 1.82) is 0 Å². The Labute approximate surface area is 99.5 Å². The van der Waals surface area contributed by atoms with Crippen molar-refractivity contribution in [1.82, 2.24) is 0 Å². The van der Waals surface area contributed by atoms with E-state index >= 15 is 0 Å². The molecule has 1 rings (SSSR count). The van der Waals surface area contributed by atoms with Crippen LogP contribution in [0.25, 0.3) is 10.4 Å². The molecule has 0 atom stereocenters. The van der Waals surface area contributed by atoms with E-state index in [4.69, 9.17) is 20.2 Å². The SMILES string of the molecule is [N-]=[N+]=Nc1ccc([N+](=O)[O-])cc1C(=O)[P+](O)(O)O. The fraction of sp³-hybridized carbons (Fsp3) is 0. The van der Waals surface area contributed by atoms with Gasteiger partial charge in [-0.15, -0.1) is 0 Å². The molecule has 94 valence electrons. The molecular formula is C7H6N4O6P+. The van der Waals surface area contributed by atoms with E-state index in [9.17, 15) is 14.9 Å². The van der Waals surface area contributed by atoms with Crippen molar-refractivity contribution in [3.05, 3.63) is 44.3 Å². The number of nitro groups is 1. The third-order valence-corrected chi connectivity index (χ3v) is 2.63. The monoisotopic (exact) mass is 273 g/mol. The topological polar surface area (TPSA) is 170 Å². The molecule has 0 aliphatic carbocycles. The number of rotatable bonds is 4. The highest BCUT2D eigenvalue weighted by Crippen LogP contribution is 2.49. The molecule has 0 unspecified atom stereocenters. The molecule has 0 aromatic heterocycles. The summed E-state index contributed by atoms with van der Waals surface area (Å²) in [6, 6.07) is 2.61. The zero-order chi connectivity index (χ0) is 13.9. The minimum Gasteiger partial charge on any atom is -0.258 e. The Hall–Kier alpha value is -2.09. The van der Waals surface area contributed by atoms with Crippen molar-refractivity contribution in [2.24, 2.45) is 5.11 Å². The molecule has 0 fully saturated rings. The molecule has 3 N–H and O–H groups in total. The Kier molecular flexibility index (Phi) is 3.92. The van der Waals surface area contributed by atoms with Crippen molar-refractivity contribution >= 4 is 24.8 Å². The van der Waals surface area contributed by atoms with E-state index in [0.717, 1.165) is 12.1 Å². The summed E-state index contributed by atoms with van der Waals surface area (Å²) in [5.41, 5.74) is 5.20. The minimum absolute atomic E-state index is 0.352. The molecule has 0 saturated heterocycles. The summed E-state index contributed by atoms with van der Waals surface area (Å²) < 4.78 is 0. The number of nitro benzene ring substituents is 1. The first-order valence-electron chi connectivity index (χ1n) is 4.23. The maximum Gasteiger partial charge on any atom is 0.483 e. The lowest BCUT2D eigenvalue weighted by molar-refractivity contribution is -0.384. The number of hydrogen-bond donors (Lipinski definition) is 3. The van der Waals surface area contributed by atoms with Crippen LogP contribution >= 0.6 is 7.94 Å². The first-order valence-corrected chi connectivity index (χ1v) is 5.88. The average molecular weight is 273 g/mol. The summed E-state index contributed by atoms with van der Waals surface area (Å²) in [4.78, 5) is 50.0. The van der Waals surface area contributed by atoms with E-state index in [1.807, 2.05) is 0 Å². The Bertz CT molecular complexity index is 562. The third kappa shape index (κ3) is 2.98. The molecule has 0 aliphatic rings. The lowest BCUT2D eigenvalue weighted by Crippen LogP contribution is -2.06. The predicted octanol–water partition coefficient (Wildman–Crippen LogP) is 1.42. The fourth-order valence-electron chi connectivity index (χ4n) is 1.11. The van der Waals surface area contributed by atoms with Crippen molar-refractivity contribution in [2.45, 2.75) is 0 Å². The summed E-state index contributed by atoms with van der Waals surface area (Å²) in [6.45, 7) is 0. The lowest BCUT2D eigenvalue weighted by Gasteiger charge is -2.04. The van der Waals surface area contributed by atoms with Crippen LogP contribution in [0, 0.1) is 10.1 Å². The van der Waals surface area contributed by atoms with Crippen LogP contribution < -0.4 is 0 Å². The second kappa shape index (κ2) is 5.05. The normalized spacial score (nSPS) is 10.6. The van der Waals surface area contributed by atoms with Gasteiger partial charge in [-0.25, -0.2) is 4.79 Å². The molecule has 0 saturated carbocycles. The van der Waals surface area contributed by atoms with Gasteiger partial charge in [0.2, 0.25) is 0 Å². The standard InChI is InChI=1S/C7H6N4O6P/c8-10-9-6-2-1-4(11(13)14)3-5(6)7(12)18(15,16)17/h1-3,15-17H/q+1. The predicted molar refractivity (Wildman–Crippen MR) is 59.8 cm³/mol. The van der Waals surface area contributed by atoms with Crippen LogP contribution in [0.2, 0.25) is 0 Å². The molecule has 0 amide bonds. The van der Waals surface area contributed by atoms with Crippen molar-refractivity contribution in [3.63, 3.8) is 0 Å². The van der Waals surface area contributed by atoms with Crippen LogP contribution in [-0.2, 0) is 0 Å². The molecular weight excluding hydrogens is 267 g/mol. The number of azide groups is 1. The van der Waals surface area contributed by atoms with Crippen LogP contribution in [-0.4, -0.2) is 25.1 Å². The Morgan fingerprint density at radius 2 is 2.06 bits per heavy atom. The fourth-order valence-corrected chi connectivity index (χ4v) is 1.61. The Balaban J connectivity index is 3.46. The highest BCUT2D eigenvalue weighted by Gasteiger charge is 2.45. The summed E-state index contributed by atoms with van der Waals surface area (Å²) >= 11 is 0. The van der Waals surface area contributed by atoms with Gasteiger partial charge in [-0.2, -0.15) is 14.7 Å². The second-order valence-corrected chi connectivity index (χ2v) is 4.56. The number of benzene rings is 1. The number of nitrogens with zero attached hydrogens (tertiary/aromatic N) is 4. The van der Waals surface area contributed by atoms with E-state index in [2.05, 4.69) is 10.0 Å². The van der Waals surface area contributed by atoms with Crippen molar-refractivity contribution in [2.75, 3.05) is 0 Å². The number of carbonyl (C=O) groups excluding carboxylic acids is 1. The zero-order valence-corrected chi connectivity index (χ0v) is 9.43. The van der Waals surface area contributed by atoms with E-state index in [1.54, 1.807) is 0 Å². The molecule has 10 nitrogen and oxygen atoms in total. The molecule has 11 heteroatoms. The van der Waals surface area contributed by atoms with Gasteiger partial charge in [-0.1, -0.05) is 5.11 Å². The van der Waals surface area contributed by atoms with Gasteiger partial charge in [0.1, 0.15) is 0 Å². The molecule has 0 aliphatic heterocycles. The van der Waals surface area contributed by atoms with Gasteiger partial charge < -0.3 is 0 Å². The molecule has 0 heterocycles. The van der Waals surface area contributed by atoms with Crippen LogP contribution in [0.3, 0.4) is 0 Å². The minimum atomic E-state index is -4.87. The van der Waals surface area contributed by atoms with Gasteiger partial charge >= 0.3 is 13.5 Å². The van der Waals surface area contributed by atoms with Gasteiger partial charge in [-0.3, -0.25) is 10.1 Å². The van der Waals surface area contributed by atoms with Gasteiger partial charge in [-0.05, 0) is 11.6 Å². The molecule has 1 aromatic rings. The van der Waals surface area contributed by atoms with Gasteiger partial charge in [0.05, 0.1) is 16.2 Å². The van der Waals surface area contributed by atoms with Gasteiger partial charge in [0, 0.05) is 17.0 Å². The number of non-ortho nitro benzene ring substituents is 1. The molecule has 1 aromatic carbocycles. The molecule has 0 bridgehead atoms. The van der Waals surface area contributed by atoms with E-state index < -0.39 is 29.6 Å². The molecule has 0 radical (unpaired) electrons. The van der Waals surface area contributed by atoms with Gasteiger partial charge in [0.25, 0.3) is 5.69 Å². The van der Waals surface area contributed by atoms with Crippen molar-refractivity contribution < 1.29 is 24.4 Å². The molecule has 0 spiro atoms. The zero-order valence-electron chi connectivity index (χ0n) is 8.53. The number of carbonyl (C=O) groups is 1. The summed E-state index contributed by atoms with van der Waals surface area (Å²) in [7, 11) is -4.87. The largest absolute Gasteiger partial charge is 0.483 e. The van der Waals surface area contributed by atoms with Crippen LogP contribution in [0.4, 0.5) is 11.4 Å². The second-order valence-electron chi connectivity index (χ2n) is 3.02. The van der Waals surface area contributed by atoms with E-state index in [1.165, 1.54) is 0 Å². The summed E-state index contributed by atoms with van der Waals surface area (Å²) in [5, 5.41) is 13.6. The molecule has 18 heavy (non-hydrogen) atoms. The Morgan fingerprint density at radius 1 is 1.44 bits per heavy atom. The van der Waals surface area contributed by atoms with Crippen LogP contribution in [0.1, 0.15) is 10.4 Å². The quantitative estimate of drug-likeness (QED) is 0.187. The third-order valence-electron chi connectivity index (χ3n) is 1.85. The summed E-state index contributed by atoms with van der Waals surface area (Å²) in [5.74, 6) is 0. The number of hydrogen-bond acceptors (Lipinski definition) is 7. The summed E-state index contributed by atoms with van der Waals surface area (Å²) in [6.07, 6.45) is 0. The van der Waals surface area contributed by atoms with E-state index in [-0.39, 0.29) is 5.69 Å². The van der Waals surface area contributed by atoms with Crippen molar-refractivity contribution in [3.8, 4) is 0 Å².